The van der Waals surface area contributed by atoms with Crippen LogP contribution in [0.1, 0.15) is 37.4 Å². The summed E-state index contributed by atoms with van der Waals surface area (Å²) in [7, 11) is -3.81. The quantitative estimate of drug-likeness (QED) is 0.566. The van der Waals surface area contributed by atoms with Gasteiger partial charge in [-0.05, 0) is 56.0 Å². The third kappa shape index (κ3) is 4.44. The summed E-state index contributed by atoms with van der Waals surface area (Å²) in [5.41, 5.74) is 3.56. The molecule has 10 heteroatoms. The molecule has 2 aromatic carbocycles. The van der Waals surface area contributed by atoms with Crippen molar-refractivity contribution in [1.82, 2.24) is 14.9 Å². The summed E-state index contributed by atoms with van der Waals surface area (Å²) in [6, 6.07) is 10.3. The number of nitrogens with zero attached hydrogens (tertiary/aromatic N) is 3. The van der Waals surface area contributed by atoms with Gasteiger partial charge >= 0.3 is 0 Å². The van der Waals surface area contributed by atoms with Crippen molar-refractivity contribution in [2.24, 2.45) is 5.14 Å². The Kier molecular flexibility index (Phi) is 5.49. The molecule has 160 valence electrons. The zero-order chi connectivity index (χ0) is 22.2. The van der Waals surface area contributed by atoms with E-state index in [1.54, 1.807) is 18.2 Å². The van der Waals surface area contributed by atoms with E-state index in [-0.39, 0.29) is 18.0 Å². The van der Waals surface area contributed by atoms with E-state index in [4.69, 9.17) is 21.0 Å². The molecule has 0 amide bonds. The van der Waals surface area contributed by atoms with Gasteiger partial charge < -0.3 is 9.26 Å². The van der Waals surface area contributed by atoms with Crippen LogP contribution in [-0.4, -0.2) is 24.7 Å². The van der Waals surface area contributed by atoms with Gasteiger partial charge in [0.05, 0.1) is 12.7 Å². The molecule has 0 aliphatic heterocycles. The molecule has 0 saturated carbocycles. The van der Waals surface area contributed by atoms with E-state index < -0.39 is 10.2 Å². The van der Waals surface area contributed by atoms with Crippen LogP contribution in [0.25, 0.3) is 27.7 Å². The predicted octanol–water partition coefficient (Wildman–Crippen LogP) is 3.52. The first-order valence-corrected chi connectivity index (χ1v) is 11.2. The Bertz CT molecular complexity index is 1280. The molecule has 4 rings (SSSR count). The number of nitrogens with one attached hydrogen (secondary N) is 1. The minimum atomic E-state index is -3.81. The fourth-order valence-electron chi connectivity index (χ4n) is 3.73. The van der Waals surface area contributed by atoms with Crippen LogP contribution in [0.15, 0.2) is 40.9 Å². The zero-order valence-corrected chi connectivity index (χ0v) is 17.8. The van der Waals surface area contributed by atoms with Crippen LogP contribution in [0.3, 0.4) is 0 Å². The summed E-state index contributed by atoms with van der Waals surface area (Å²) >= 11 is 0. The van der Waals surface area contributed by atoms with Crippen LogP contribution in [0, 0.1) is 6.57 Å². The number of fused-ring (bicyclic) bond motifs is 1. The smallest absolute Gasteiger partial charge is 0.274 e. The minimum Gasteiger partial charge on any atom is -0.502 e. The average Bonchev–Trinajstić information content (AvgIpc) is 3.34. The lowest BCUT2D eigenvalue weighted by atomic mass is 10.0. The third-order valence-electron chi connectivity index (χ3n) is 4.93. The van der Waals surface area contributed by atoms with Gasteiger partial charge in [-0.15, -0.1) is 0 Å². The maximum absolute atomic E-state index is 11.4. The molecule has 3 aromatic rings. The SMILES string of the molecule is [C-]#[N+]c1cc(-c2nc(-c3cccc4c3CC[C@H]4NS(N)(=O)=O)no2)ccc1OC(C)C. The Morgan fingerprint density at radius 1 is 1.32 bits per heavy atom. The average molecular weight is 439 g/mol. The maximum Gasteiger partial charge on any atom is 0.274 e. The highest BCUT2D eigenvalue weighted by Crippen LogP contribution is 2.38. The number of benzene rings is 2. The van der Waals surface area contributed by atoms with E-state index >= 15 is 0 Å². The maximum atomic E-state index is 11.4. The van der Waals surface area contributed by atoms with Crippen molar-refractivity contribution in [3.8, 4) is 28.6 Å². The largest absolute Gasteiger partial charge is 0.502 e. The molecule has 1 aliphatic carbocycles. The van der Waals surface area contributed by atoms with Gasteiger partial charge in [-0.2, -0.15) is 18.1 Å². The van der Waals surface area contributed by atoms with E-state index in [2.05, 4.69) is 19.7 Å². The Labute approximate surface area is 180 Å². The van der Waals surface area contributed by atoms with Gasteiger partial charge in [-0.3, -0.25) is 0 Å². The molecule has 1 aromatic heterocycles. The fraction of sp³-hybridized carbons (Fsp3) is 0.286. The van der Waals surface area contributed by atoms with Gasteiger partial charge in [0.15, 0.2) is 0 Å². The highest BCUT2D eigenvalue weighted by Gasteiger charge is 2.28. The summed E-state index contributed by atoms with van der Waals surface area (Å²) < 4.78 is 36.5. The molecule has 0 bridgehead atoms. The first-order chi connectivity index (χ1) is 14.7. The molecule has 0 fully saturated rings. The molecule has 0 saturated heterocycles. The van der Waals surface area contributed by atoms with Crippen molar-refractivity contribution in [2.75, 3.05) is 0 Å². The van der Waals surface area contributed by atoms with Crippen molar-refractivity contribution >= 4 is 15.9 Å². The first-order valence-electron chi connectivity index (χ1n) is 9.69. The molecular weight excluding hydrogens is 418 g/mol. The van der Waals surface area contributed by atoms with Crippen LogP contribution in [-0.2, 0) is 16.6 Å². The summed E-state index contributed by atoms with van der Waals surface area (Å²) in [4.78, 5) is 8.04. The molecule has 0 spiro atoms. The first kappa shape index (κ1) is 21.0. The fourth-order valence-corrected chi connectivity index (χ4v) is 4.37. The summed E-state index contributed by atoms with van der Waals surface area (Å²) in [6.07, 6.45) is 1.21. The van der Waals surface area contributed by atoms with Crippen molar-refractivity contribution < 1.29 is 17.7 Å². The topological polar surface area (TPSA) is 125 Å². The van der Waals surface area contributed by atoms with Crippen LogP contribution in [0.5, 0.6) is 5.75 Å². The molecule has 1 heterocycles. The van der Waals surface area contributed by atoms with E-state index in [1.807, 2.05) is 32.0 Å². The lowest BCUT2D eigenvalue weighted by Crippen LogP contribution is -2.33. The van der Waals surface area contributed by atoms with Crippen molar-refractivity contribution in [2.45, 2.75) is 38.8 Å². The van der Waals surface area contributed by atoms with Crippen LogP contribution < -0.4 is 14.6 Å². The Hall–Kier alpha value is -3.26. The lowest BCUT2D eigenvalue weighted by Gasteiger charge is -2.12. The minimum absolute atomic E-state index is 0.0471. The summed E-state index contributed by atoms with van der Waals surface area (Å²) in [5.74, 6) is 1.18. The highest BCUT2D eigenvalue weighted by molar-refractivity contribution is 7.87. The highest BCUT2D eigenvalue weighted by atomic mass is 32.2. The van der Waals surface area contributed by atoms with Crippen molar-refractivity contribution in [3.63, 3.8) is 0 Å². The van der Waals surface area contributed by atoms with Crippen molar-refractivity contribution in [3.05, 3.63) is 58.9 Å². The second-order valence-electron chi connectivity index (χ2n) is 7.51. The Morgan fingerprint density at radius 3 is 2.84 bits per heavy atom. The molecule has 9 nitrogen and oxygen atoms in total. The molecule has 1 atom stereocenters. The normalized spacial score (nSPS) is 15.6. The van der Waals surface area contributed by atoms with Gasteiger partial charge in [0.2, 0.25) is 11.5 Å². The van der Waals surface area contributed by atoms with Crippen LogP contribution in [0.4, 0.5) is 5.69 Å². The standard InChI is InChI=1S/C21H21N5O4S/c1-12(2)29-19-10-7-13(11-18(19)23-3)21-24-20(25-30-21)16-6-4-5-15-14(16)8-9-17(15)26-31(22,27)28/h4-7,10-12,17,26H,8-9H2,1-2H3,(H2,22,27,28)/t17-/m1/s1. The monoisotopic (exact) mass is 439 g/mol. The van der Waals surface area contributed by atoms with Crippen molar-refractivity contribution in [1.29, 1.82) is 0 Å². The van der Waals surface area contributed by atoms with E-state index in [9.17, 15) is 8.42 Å². The van der Waals surface area contributed by atoms with Gasteiger partial charge in [0.1, 0.15) is 5.75 Å². The Balaban J connectivity index is 1.66. The van der Waals surface area contributed by atoms with Crippen LogP contribution >= 0.6 is 0 Å². The van der Waals surface area contributed by atoms with E-state index in [0.717, 1.165) is 16.7 Å². The van der Waals surface area contributed by atoms with Gasteiger partial charge in [-0.25, -0.2) is 9.98 Å². The van der Waals surface area contributed by atoms with Gasteiger partial charge in [0.25, 0.3) is 16.1 Å². The number of hydrogen-bond donors (Lipinski definition) is 2. The second kappa shape index (κ2) is 8.11. The zero-order valence-electron chi connectivity index (χ0n) is 17.0. The number of ether oxygens (including phenoxy) is 1. The second-order valence-corrected chi connectivity index (χ2v) is 8.84. The molecule has 1 aliphatic rings. The third-order valence-corrected chi connectivity index (χ3v) is 5.55. The summed E-state index contributed by atoms with van der Waals surface area (Å²) in [5, 5.41) is 9.25. The van der Waals surface area contributed by atoms with Crippen LogP contribution in [0.2, 0.25) is 0 Å². The number of nitrogens with two attached hydrogens (primary N) is 1. The molecule has 3 N–H and O–H groups in total. The lowest BCUT2D eigenvalue weighted by molar-refractivity contribution is 0.244. The van der Waals surface area contributed by atoms with E-state index in [0.29, 0.717) is 35.7 Å². The van der Waals surface area contributed by atoms with Gasteiger partial charge in [0, 0.05) is 17.2 Å². The van der Waals surface area contributed by atoms with E-state index in [1.165, 1.54) is 0 Å². The Morgan fingerprint density at radius 2 is 2.13 bits per heavy atom. The predicted molar refractivity (Wildman–Crippen MR) is 115 cm³/mol. The number of rotatable bonds is 6. The molecular formula is C21H21N5O4S. The molecule has 0 unspecified atom stereocenters. The summed E-state index contributed by atoms with van der Waals surface area (Å²) in [6.45, 7) is 11.2. The number of hydrogen-bond acceptors (Lipinski definition) is 6. The molecule has 0 radical (unpaired) electrons. The molecule has 31 heavy (non-hydrogen) atoms. The number of aromatic nitrogens is 2. The van der Waals surface area contributed by atoms with Gasteiger partial charge in [-0.1, -0.05) is 23.4 Å².